The van der Waals surface area contributed by atoms with E-state index in [4.69, 9.17) is 11.0 Å². The SMILES string of the molecule is CN(C)c1cc(NCc2ccc(C#N)cc2)c(O)c2c1CC1CC3C(N(C)C)C(=O)C(C(N)=O)=C(O)C3(O)C(=O)C1=C2O. The minimum atomic E-state index is -2.70. The summed E-state index contributed by atoms with van der Waals surface area (Å²) >= 11 is 0. The van der Waals surface area contributed by atoms with Crippen molar-refractivity contribution in [3.8, 4) is 11.8 Å². The normalized spacial score (nSPS) is 24.7. The third-order valence-corrected chi connectivity index (χ3v) is 8.75. The number of anilines is 2. The minimum absolute atomic E-state index is 0.00446. The maximum absolute atomic E-state index is 14.1. The molecule has 12 nitrogen and oxygen atoms in total. The van der Waals surface area contributed by atoms with Gasteiger partial charge in [0.1, 0.15) is 22.8 Å². The number of rotatable bonds is 6. The van der Waals surface area contributed by atoms with Crippen LogP contribution in [0.2, 0.25) is 0 Å². The Hall–Kier alpha value is -4.86. The number of amides is 1. The van der Waals surface area contributed by atoms with E-state index >= 15 is 0 Å². The number of aliphatic hydroxyl groups is 3. The number of Topliss-reactive ketones (excluding diaryl/α,β-unsaturated/α-hetero) is 2. The van der Waals surface area contributed by atoms with E-state index in [1.165, 1.54) is 4.90 Å². The second-order valence-electron chi connectivity index (χ2n) is 11.7. The van der Waals surface area contributed by atoms with Crippen LogP contribution in [0.3, 0.4) is 0 Å². The number of hydrogen-bond donors (Lipinski definition) is 6. The fourth-order valence-corrected chi connectivity index (χ4v) is 6.72. The van der Waals surface area contributed by atoms with Crippen molar-refractivity contribution in [1.29, 1.82) is 5.26 Å². The fraction of sp³-hybridized carbons (Fsp3) is 0.355. The highest BCUT2D eigenvalue weighted by Gasteiger charge is 2.64. The maximum atomic E-state index is 14.1. The van der Waals surface area contributed by atoms with Gasteiger partial charge in [0.05, 0.1) is 28.9 Å². The Kier molecular flexibility index (Phi) is 7.20. The number of nitrogens with zero attached hydrogens (tertiary/aromatic N) is 3. The first-order valence-corrected chi connectivity index (χ1v) is 13.7. The first-order valence-electron chi connectivity index (χ1n) is 13.7. The molecule has 1 amide bonds. The monoisotopic (exact) mass is 587 g/mol. The summed E-state index contributed by atoms with van der Waals surface area (Å²) in [6, 6.07) is 9.53. The number of nitriles is 1. The van der Waals surface area contributed by atoms with Crippen LogP contribution in [0.1, 0.15) is 28.7 Å². The molecule has 0 aromatic heterocycles. The Balaban J connectivity index is 1.64. The van der Waals surface area contributed by atoms with Gasteiger partial charge in [-0.3, -0.25) is 19.3 Å². The first-order chi connectivity index (χ1) is 20.2. The van der Waals surface area contributed by atoms with Crippen molar-refractivity contribution in [3.63, 3.8) is 0 Å². The highest BCUT2D eigenvalue weighted by molar-refractivity contribution is 6.24. The van der Waals surface area contributed by atoms with Crippen LogP contribution in [0.25, 0.3) is 5.76 Å². The van der Waals surface area contributed by atoms with Gasteiger partial charge < -0.3 is 36.4 Å². The molecular weight excluding hydrogens is 554 g/mol. The number of phenols is 1. The highest BCUT2D eigenvalue weighted by atomic mass is 16.3. The molecule has 7 N–H and O–H groups in total. The number of hydrogen-bond acceptors (Lipinski definition) is 11. The molecule has 0 aliphatic heterocycles. The standard InChI is InChI=1S/C31H33N5O7/c1-35(2)20-11-19(34-13-15-7-5-14(12-32)6-8-15)25(37)22-17(20)9-16-10-18-24(36(3)4)27(39)23(30(33)42)29(41)31(18,43)28(40)21(16)26(22)38/h5-8,11,16,18,24,34,37-38,41,43H,9-10,13H2,1-4H3,(H2,33,42). The van der Waals surface area contributed by atoms with Gasteiger partial charge >= 0.3 is 0 Å². The topological polar surface area (TPSA) is 200 Å². The quantitative estimate of drug-likeness (QED) is 0.211. The summed E-state index contributed by atoms with van der Waals surface area (Å²) in [5.41, 5.74) is 4.46. The lowest BCUT2D eigenvalue weighted by molar-refractivity contribution is -0.153. The molecule has 5 rings (SSSR count). The average Bonchev–Trinajstić information content (AvgIpc) is 2.94. The van der Waals surface area contributed by atoms with Gasteiger partial charge in [-0.25, -0.2) is 0 Å². The van der Waals surface area contributed by atoms with Gasteiger partial charge in [-0.15, -0.1) is 0 Å². The number of fused-ring (bicyclic) bond motifs is 3. The molecule has 12 heteroatoms. The molecule has 2 aromatic carbocycles. The van der Waals surface area contributed by atoms with E-state index in [9.17, 15) is 34.8 Å². The van der Waals surface area contributed by atoms with Gasteiger partial charge in [0.15, 0.2) is 11.4 Å². The van der Waals surface area contributed by atoms with Crippen molar-refractivity contribution in [2.45, 2.75) is 31.0 Å². The Morgan fingerprint density at radius 1 is 1.14 bits per heavy atom. The Morgan fingerprint density at radius 3 is 2.35 bits per heavy atom. The zero-order valence-electron chi connectivity index (χ0n) is 24.2. The van der Waals surface area contributed by atoms with Crippen LogP contribution in [0.4, 0.5) is 11.4 Å². The fourth-order valence-electron chi connectivity index (χ4n) is 6.72. The van der Waals surface area contributed by atoms with Crippen molar-refractivity contribution in [2.24, 2.45) is 17.6 Å². The van der Waals surface area contributed by atoms with E-state index < -0.39 is 58.0 Å². The molecule has 224 valence electrons. The van der Waals surface area contributed by atoms with Crippen molar-refractivity contribution < 1.29 is 34.8 Å². The third kappa shape index (κ3) is 4.40. The molecule has 4 atom stereocenters. The lowest BCUT2D eigenvalue weighted by Gasteiger charge is -2.50. The van der Waals surface area contributed by atoms with E-state index in [-0.39, 0.29) is 42.0 Å². The van der Waals surface area contributed by atoms with Gasteiger partial charge in [-0.2, -0.15) is 5.26 Å². The molecule has 43 heavy (non-hydrogen) atoms. The predicted molar refractivity (Wildman–Crippen MR) is 157 cm³/mol. The van der Waals surface area contributed by atoms with Crippen molar-refractivity contribution in [3.05, 3.63) is 69.5 Å². The summed E-state index contributed by atoms with van der Waals surface area (Å²) in [5.74, 6) is -6.95. The average molecular weight is 588 g/mol. The van der Waals surface area contributed by atoms with Crippen LogP contribution < -0.4 is 16.0 Å². The number of nitrogens with two attached hydrogens (primary N) is 1. The van der Waals surface area contributed by atoms with E-state index in [0.29, 0.717) is 16.8 Å². The van der Waals surface area contributed by atoms with Gasteiger partial charge in [0, 0.05) is 37.8 Å². The number of ketones is 2. The molecule has 0 bridgehead atoms. The lowest BCUT2D eigenvalue weighted by atomic mass is 9.57. The molecule has 3 aliphatic rings. The number of aromatic hydroxyl groups is 1. The highest BCUT2D eigenvalue weighted by Crippen LogP contribution is 2.54. The van der Waals surface area contributed by atoms with Gasteiger partial charge in [-0.1, -0.05) is 12.1 Å². The molecule has 1 fully saturated rings. The predicted octanol–water partition coefficient (Wildman–Crippen LogP) is 1.51. The van der Waals surface area contributed by atoms with Crippen LogP contribution in [0.15, 0.2) is 47.2 Å². The number of carbonyl (C=O) groups is 3. The molecule has 0 saturated heterocycles. The third-order valence-electron chi connectivity index (χ3n) is 8.75. The van der Waals surface area contributed by atoms with Crippen LogP contribution in [0, 0.1) is 23.2 Å². The Labute approximate surface area is 247 Å². The summed E-state index contributed by atoms with van der Waals surface area (Å²) in [4.78, 5) is 42.8. The van der Waals surface area contributed by atoms with E-state index in [0.717, 1.165) is 5.56 Å². The van der Waals surface area contributed by atoms with Crippen molar-refractivity contribution in [1.82, 2.24) is 4.90 Å². The van der Waals surface area contributed by atoms with Crippen LogP contribution in [-0.2, 0) is 27.3 Å². The van der Waals surface area contributed by atoms with Gasteiger partial charge in [0.25, 0.3) is 5.91 Å². The van der Waals surface area contributed by atoms with Crippen LogP contribution >= 0.6 is 0 Å². The molecular formula is C31H33N5O7. The number of likely N-dealkylation sites (N-methyl/N-ethyl adjacent to an activating group) is 1. The largest absolute Gasteiger partial charge is 0.508 e. The minimum Gasteiger partial charge on any atom is -0.508 e. The number of aliphatic hydroxyl groups excluding tert-OH is 2. The molecule has 0 spiro atoms. The Morgan fingerprint density at radius 2 is 1.79 bits per heavy atom. The second-order valence-corrected chi connectivity index (χ2v) is 11.7. The molecule has 0 radical (unpaired) electrons. The van der Waals surface area contributed by atoms with Crippen LogP contribution in [-0.4, -0.2) is 82.6 Å². The van der Waals surface area contributed by atoms with E-state index in [1.807, 2.05) is 4.90 Å². The molecule has 3 aliphatic carbocycles. The first kappa shape index (κ1) is 29.6. The Bertz CT molecular complexity index is 1670. The lowest BCUT2D eigenvalue weighted by Crippen LogP contribution is -2.65. The van der Waals surface area contributed by atoms with Crippen molar-refractivity contribution >= 4 is 34.6 Å². The van der Waals surface area contributed by atoms with Crippen molar-refractivity contribution in [2.75, 3.05) is 38.4 Å². The number of primary amides is 1. The number of carbonyl (C=O) groups excluding carboxylic acids is 3. The van der Waals surface area contributed by atoms with Gasteiger partial charge in [0.2, 0.25) is 5.78 Å². The van der Waals surface area contributed by atoms with Crippen LogP contribution in [0.5, 0.6) is 5.75 Å². The van der Waals surface area contributed by atoms with Gasteiger partial charge in [-0.05, 0) is 62.2 Å². The zero-order valence-corrected chi connectivity index (χ0v) is 24.2. The summed E-state index contributed by atoms with van der Waals surface area (Å²) in [6.45, 7) is 0.278. The number of nitrogens with one attached hydrogen (secondary N) is 1. The second kappa shape index (κ2) is 10.4. The summed E-state index contributed by atoms with van der Waals surface area (Å²) in [5, 5.41) is 58.0. The number of benzene rings is 2. The van der Waals surface area contributed by atoms with E-state index in [2.05, 4.69) is 11.4 Å². The molecule has 2 aromatic rings. The molecule has 4 unspecified atom stereocenters. The maximum Gasteiger partial charge on any atom is 0.255 e. The van der Waals surface area contributed by atoms with E-state index in [1.54, 1.807) is 58.5 Å². The zero-order chi connectivity index (χ0) is 31.5. The number of phenolic OH excluding ortho intramolecular Hbond substituents is 1. The summed E-state index contributed by atoms with van der Waals surface area (Å²) < 4.78 is 0. The molecule has 1 saturated carbocycles. The summed E-state index contributed by atoms with van der Waals surface area (Å²) in [7, 11) is 6.71. The smallest absolute Gasteiger partial charge is 0.255 e. The molecule has 0 heterocycles. The summed E-state index contributed by atoms with van der Waals surface area (Å²) in [6.07, 6.45) is 0.198.